The quantitative estimate of drug-likeness (QED) is 0.638. The molecule has 1 aliphatic rings. The van der Waals surface area contributed by atoms with E-state index in [-0.39, 0.29) is 0 Å². The predicted octanol–water partition coefficient (Wildman–Crippen LogP) is 3.79. The average molecular weight is 211 g/mol. The van der Waals surface area contributed by atoms with Crippen LogP contribution in [0.2, 0.25) is 0 Å². The van der Waals surface area contributed by atoms with Crippen molar-refractivity contribution in [3.05, 3.63) is 0 Å². The fourth-order valence-electron chi connectivity index (χ4n) is 3.27. The molecular formula is C14H29N. The first-order chi connectivity index (χ1) is 6.68. The molecule has 1 aliphatic heterocycles. The molecule has 1 saturated heterocycles. The van der Waals surface area contributed by atoms with Gasteiger partial charge < -0.3 is 0 Å². The number of likely N-dealkylation sites (tertiary alicyclic amines) is 1. The topological polar surface area (TPSA) is 3.24 Å². The molecule has 0 saturated carbocycles. The molecule has 0 bridgehead atoms. The first-order valence-corrected chi connectivity index (χ1v) is 6.42. The van der Waals surface area contributed by atoms with E-state index in [1.165, 1.54) is 19.5 Å². The van der Waals surface area contributed by atoms with Gasteiger partial charge in [-0.15, -0.1) is 0 Å². The van der Waals surface area contributed by atoms with Crippen LogP contribution >= 0.6 is 0 Å². The number of nitrogens with zero attached hydrogens (tertiary/aromatic N) is 1. The van der Waals surface area contributed by atoms with Crippen LogP contribution in [0.25, 0.3) is 0 Å². The Kier molecular flexibility index (Phi) is 3.55. The highest BCUT2D eigenvalue weighted by Gasteiger charge is 2.45. The van der Waals surface area contributed by atoms with E-state index >= 15 is 0 Å². The Bertz CT molecular complexity index is 206. The molecule has 0 aromatic rings. The van der Waals surface area contributed by atoms with Crippen molar-refractivity contribution in [2.24, 2.45) is 16.7 Å². The lowest BCUT2D eigenvalue weighted by molar-refractivity contribution is 0.0687. The lowest BCUT2D eigenvalue weighted by atomic mass is 9.69. The fraction of sp³-hybridized carbons (Fsp3) is 1.00. The van der Waals surface area contributed by atoms with E-state index in [9.17, 15) is 0 Å². The maximum absolute atomic E-state index is 2.68. The summed E-state index contributed by atoms with van der Waals surface area (Å²) in [5.41, 5.74) is 0.853. The molecule has 1 fully saturated rings. The second kappa shape index (κ2) is 4.08. The largest absolute Gasteiger partial charge is 0.300 e. The standard InChI is InChI=1S/C14H29N/c1-8-15-10-9-11(13(2,3)4)12(15)14(5,6)7/h11-12H,8-10H2,1-7H3. The van der Waals surface area contributed by atoms with Gasteiger partial charge in [-0.05, 0) is 36.3 Å². The molecule has 1 heterocycles. The molecule has 0 aliphatic carbocycles. The van der Waals surface area contributed by atoms with Crippen LogP contribution in [0, 0.1) is 16.7 Å². The molecule has 1 rings (SSSR count). The lowest BCUT2D eigenvalue weighted by Crippen LogP contribution is -2.46. The highest BCUT2D eigenvalue weighted by Crippen LogP contribution is 2.45. The Morgan fingerprint density at radius 2 is 1.53 bits per heavy atom. The highest BCUT2D eigenvalue weighted by atomic mass is 15.2. The van der Waals surface area contributed by atoms with Crippen LogP contribution in [0.15, 0.2) is 0 Å². The summed E-state index contributed by atoms with van der Waals surface area (Å²) in [5, 5.41) is 0. The maximum atomic E-state index is 2.68. The Labute approximate surface area is 96.2 Å². The number of hydrogen-bond acceptors (Lipinski definition) is 1. The van der Waals surface area contributed by atoms with Gasteiger partial charge in [-0.2, -0.15) is 0 Å². The van der Waals surface area contributed by atoms with E-state index in [0.717, 1.165) is 12.0 Å². The molecule has 0 aromatic carbocycles. The van der Waals surface area contributed by atoms with Crippen molar-refractivity contribution in [3.8, 4) is 0 Å². The van der Waals surface area contributed by atoms with E-state index in [1.54, 1.807) is 0 Å². The molecule has 90 valence electrons. The van der Waals surface area contributed by atoms with Crippen molar-refractivity contribution in [2.45, 2.75) is 60.9 Å². The second-order valence-electron chi connectivity index (χ2n) is 7.20. The van der Waals surface area contributed by atoms with Crippen LogP contribution in [-0.4, -0.2) is 24.0 Å². The van der Waals surface area contributed by atoms with E-state index in [2.05, 4.69) is 53.4 Å². The van der Waals surface area contributed by atoms with Gasteiger partial charge in [-0.3, -0.25) is 4.90 Å². The van der Waals surface area contributed by atoms with Gasteiger partial charge in [-0.25, -0.2) is 0 Å². The summed E-state index contributed by atoms with van der Waals surface area (Å²) in [7, 11) is 0. The molecule has 0 N–H and O–H groups in total. The van der Waals surface area contributed by atoms with Crippen molar-refractivity contribution >= 4 is 0 Å². The van der Waals surface area contributed by atoms with Crippen LogP contribution in [0.1, 0.15) is 54.9 Å². The first kappa shape index (κ1) is 13.0. The molecule has 0 spiro atoms. The molecule has 2 atom stereocenters. The monoisotopic (exact) mass is 211 g/mol. The molecule has 0 amide bonds. The van der Waals surface area contributed by atoms with Crippen LogP contribution in [0.3, 0.4) is 0 Å². The van der Waals surface area contributed by atoms with Gasteiger partial charge in [0, 0.05) is 6.04 Å². The van der Waals surface area contributed by atoms with E-state index < -0.39 is 0 Å². The van der Waals surface area contributed by atoms with Crippen LogP contribution in [0.4, 0.5) is 0 Å². The van der Waals surface area contributed by atoms with Crippen molar-refractivity contribution in [3.63, 3.8) is 0 Å². The minimum absolute atomic E-state index is 0.407. The van der Waals surface area contributed by atoms with Crippen molar-refractivity contribution < 1.29 is 0 Å². The summed E-state index contributed by atoms with van der Waals surface area (Å²) < 4.78 is 0. The number of hydrogen-bond donors (Lipinski definition) is 0. The van der Waals surface area contributed by atoms with Gasteiger partial charge in [0.25, 0.3) is 0 Å². The van der Waals surface area contributed by atoms with E-state index in [4.69, 9.17) is 0 Å². The van der Waals surface area contributed by atoms with Gasteiger partial charge in [0.15, 0.2) is 0 Å². The van der Waals surface area contributed by atoms with Crippen LogP contribution in [-0.2, 0) is 0 Å². The van der Waals surface area contributed by atoms with Crippen LogP contribution < -0.4 is 0 Å². The summed E-state index contributed by atoms with van der Waals surface area (Å²) in [6.45, 7) is 19.2. The zero-order valence-corrected chi connectivity index (χ0v) is 11.7. The van der Waals surface area contributed by atoms with Gasteiger partial charge in [-0.1, -0.05) is 48.5 Å². The molecule has 0 radical (unpaired) electrons. The van der Waals surface area contributed by atoms with Gasteiger partial charge >= 0.3 is 0 Å². The Morgan fingerprint density at radius 1 is 1.00 bits per heavy atom. The van der Waals surface area contributed by atoms with Crippen molar-refractivity contribution in [2.75, 3.05) is 13.1 Å². The maximum Gasteiger partial charge on any atom is 0.0177 e. The second-order valence-corrected chi connectivity index (χ2v) is 7.20. The van der Waals surface area contributed by atoms with Gasteiger partial charge in [0.1, 0.15) is 0 Å². The van der Waals surface area contributed by atoms with Gasteiger partial charge in [0.05, 0.1) is 0 Å². The third kappa shape index (κ3) is 2.75. The molecule has 2 unspecified atom stereocenters. The summed E-state index contributed by atoms with van der Waals surface area (Å²) in [6, 6.07) is 0.752. The summed E-state index contributed by atoms with van der Waals surface area (Å²) in [6.07, 6.45) is 1.37. The van der Waals surface area contributed by atoms with Gasteiger partial charge in [0.2, 0.25) is 0 Å². The number of rotatable bonds is 1. The lowest BCUT2D eigenvalue weighted by Gasteiger charge is -2.43. The van der Waals surface area contributed by atoms with Crippen molar-refractivity contribution in [1.29, 1.82) is 0 Å². The SMILES string of the molecule is CCN1CCC(C(C)(C)C)C1C(C)(C)C. The van der Waals surface area contributed by atoms with Crippen molar-refractivity contribution in [1.82, 2.24) is 4.90 Å². The predicted molar refractivity (Wildman–Crippen MR) is 68.1 cm³/mol. The average Bonchev–Trinajstić information content (AvgIpc) is 2.44. The molecule has 15 heavy (non-hydrogen) atoms. The summed E-state index contributed by atoms with van der Waals surface area (Å²) in [4.78, 5) is 2.68. The Hall–Kier alpha value is -0.0400. The third-order valence-corrected chi connectivity index (χ3v) is 3.91. The van der Waals surface area contributed by atoms with E-state index in [0.29, 0.717) is 10.8 Å². The summed E-state index contributed by atoms with van der Waals surface area (Å²) in [5.74, 6) is 0.845. The van der Waals surface area contributed by atoms with Crippen LogP contribution in [0.5, 0.6) is 0 Å². The highest BCUT2D eigenvalue weighted by molar-refractivity contribution is 4.98. The molecule has 0 aromatic heterocycles. The minimum atomic E-state index is 0.407. The zero-order valence-electron chi connectivity index (χ0n) is 11.7. The molecule has 1 nitrogen and oxygen atoms in total. The first-order valence-electron chi connectivity index (χ1n) is 6.42. The van der Waals surface area contributed by atoms with E-state index in [1.807, 2.05) is 0 Å². The minimum Gasteiger partial charge on any atom is -0.300 e. The smallest absolute Gasteiger partial charge is 0.0177 e. The zero-order chi connectivity index (χ0) is 11.9. The summed E-state index contributed by atoms with van der Waals surface area (Å²) >= 11 is 0. The Morgan fingerprint density at radius 3 is 1.87 bits per heavy atom. The molecule has 1 heteroatoms. The Balaban J connectivity index is 2.92. The normalized spacial score (nSPS) is 29.8. The fourth-order valence-corrected chi connectivity index (χ4v) is 3.27. The third-order valence-electron chi connectivity index (χ3n) is 3.91. The molecular weight excluding hydrogens is 182 g/mol.